The SMILES string of the molecule is Cc1ccccc1NC(=O)CCc1cccc(O)c1. The van der Waals surface area contributed by atoms with Gasteiger partial charge in [-0.25, -0.2) is 0 Å². The van der Waals surface area contributed by atoms with Crippen molar-refractivity contribution in [3.63, 3.8) is 0 Å². The number of amides is 1. The molecule has 1 amide bonds. The van der Waals surface area contributed by atoms with Crippen LogP contribution < -0.4 is 5.32 Å². The second-order valence-electron chi connectivity index (χ2n) is 4.53. The van der Waals surface area contributed by atoms with Crippen LogP contribution in [-0.2, 0) is 11.2 Å². The molecule has 0 saturated heterocycles. The van der Waals surface area contributed by atoms with Crippen molar-refractivity contribution in [3.05, 3.63) is 59.7 Å². The Morgan fingerprint density at radius 2 is 1.95 bits per heavy atom. The Morgan fingerprint density at radius 3 is 2.68 bits per heavy atom. The molecule has 0 unspecified atom stereocenters. The van der Waals surface area contributed by atoms with E-state index in [4.69, 9.17) is 0 Å². The quantitative estimate of drug-likeness (QED) is 0.880. The summed E-state index contributed by atoms with van der Waals surface area (Å²) in [7, 11) is 0. The molecule has 0 bridgehead atoms. The first-order valence-corrected chi connectivity index (χ1v) is 6.28. The summed E-state index contributed by atoms with van der Waals surface area (Å²) in [6.07, 6.45) is 1.02. The summed E-state index contributed by atoms with van der Waals surface area (Å²) in [6.45, 7) is 1.96. The van der Waals surface area contributed by atoms with Crippen molar-refractivity contribution >= 4 is 11.6 Å². The molecule has 0 aromatic heterocycles. The number of anilines is 1. The fraction of sp³-hybridized carbons (Fsp3) is 0.188. The highest BCUT2D eigenvalue weighted by Gasteiger charge is 2.05. The van der Waals surface area contributed by atoms with E-state index >= 15 is 0 Å². The summed E-state index contributed by atoms with van der Waals surface area (Å²) >= 11 is 0. The van der Waals surface area contributed by atoms with Crippen molar-refractivity contribution in [2.24, 2.45) is 0 Å². The Hall–Kier alpha value is -2.29. The first-order valence-electron chi connectivity index (χ1n) is 6.28. The second kappa shape index (κ2) is 6.05. The molecule has 98 valence electrons. The molecule has 19 heavy (non-hydrogen) atoms. The van der Waals surface area contributed by atoms with Gasteiger partial charge in [-0.2, -0.15) is 0 Å². The average Bonchev–Trinajstić information content (AvgIpc) is 2.39. The van der Waals surface area contributed by atoms with Crippen LogP contribution in [0.4, 0.5) is 5.69 Å². The number of aromatic hydroxyl groups is 1. The molecule has 0 aliphatic carbocycles. The molecule has 0 fully saturated rings. The molecular weight excluding hydrogens is 238 g/mol. The minimum atomic E-state index is -0.0161. The van der Waals surface area contributed by atoms with Gasteiger partial charge in [0.15, 0.2) is 0 Å². The van der Waals surface area contributed by atoms with Crippen LogP contribution in [0.2, 0.25) is 0 Å². The molecule has 2 rings (SSSR count). The van der Waals surface area contributed by atoms with Gasteiger partial charge < -0.3 is 10.4 Å². The van der Waals surface area contributed by atoms with Crippen LogP contribution in [0.25, 0.3) is 0 Å². The van der Waals surface area contributed by atoms with Crippen LogP contribution in [0.5, 0.6) is 5.75 Å². The molecule has 3 nitrogen and oxygen atoms in total. The van der Waals surface area contributed by atoms with E-state index in [2.05, 4.69) is 5.32 Å². The number of rotatable bonds is 4. The lowest BCUT2D eigenvalue weighted by molar-refractivity contribution is -0.116. The van der Waals surface area contributed by atoms with Crippen molar-refractivity contribution < 1.29 is 9.90 Å². The third kappa shape index (κ3) is 3.85. The van der Waals surface area contributed by atoms with Crippen molar-refractivity contribution in [2.75, 3.05) is 5.32 Å². The maximum Gasteiger partial charge on any atom is 0.224 e. The van der Waals surface area contributed by atoms with Crippen molar-refractivity contribution in [2.45, 2.75) is 19.8 Å². The zero-order valence-corrected chi connectivity index (χ0v) is 10.9. The predicted molar refractivity (Wildman–Crippen MR) is 76.2 cm³/mol. The third-order valence-electron chi connectivity index (χ3n) is 2.97. The number of phenols is 1. The molecule has 0 aliphatic heterocycles. The largest absolute Gasteiger partial charge is 0.508 e. The maximum absolute atomic E-state index is 11.8. The van der Waals surface area contributed by atoms with Gasteiger partial charge in [0, 0.05) is 12.1 Å². The first kappa shape index (κ1) is 13.1. The zero-order chi connectivity index (χ0) is 13.7. The summed E-state index contributed by atoms with van der Waals surface area (Å²) in [5, 5.41) is 12.2. The molecule has 0 heterocycles. The molecule has 0 spiro atoms. The van der Waals surface area contributed by atoms with Gasteiger partial charge in [-0.15, -0.1) is 0 Å². The Bertz CT molecular complexity index is 578. The number of carbonyl (C=O) groups excluding carboxylic acids is 1. The molecule has 0 saturated carbocycles. The lowest BCUT2D eigenvalue weighted by Crippen LogP contribution is -2.13. The van der Waals surface area contributed by atoms with Gasteiger partial charge in [0.2, 0.25) is 5.91 Å². The number of hydrogen-bond donors (Lipinski definition) is 2. The molecular formula is C16H17NO2. The van der Waals surface area contributed by atoms with E-state index in [-0.39, 0.29) is 11.7 Å². The number of nitrogens with one attached hydrogen (secondary N) is 1. The standard InChI is InChI=1S/C16H17NO2/c1-12-5-2-3-8-15(12)17-16(19)10-9-13-6-4-7-14(18)11-13/h2-8,11,18H,9-10H2,1H3,(H,17,19). The molecule has 2 N–H and O–H groups in total. The minimum Gasteiger partial charge on any atom is -0.508 e. The summed E-state index contributed by atoms with van der Waals surface area (Å²) < 4.78 is 0. The number of para-hydroxylation sites is 1. The van der Waals surface area contributed by atoms with Crippen molar-refractivity contribution in [1.82, 2.24) is 0 Å². The fourth-order valence-corrected chi connectivity index (χ4v) is 1.90. The summed E-state index contributed by atoms with van der Waals surface area (Å²) in [6, 6.07) is 14.7. The fourth-order valence-electron chi connectivity index (χ4n) is 1.90. The van der Waals surface area contributed by atoms with Crippen molar-refractivity contribution in [1.29, 1.82) is 0 Å². The third-order valence-corrected chi connectivity index (χ3v) is 2.97. The van der Waals surface area contributed by atoms with Crippen molar-refractivity contribution in [3.8, 4) is 5.75 Å². The van der Waals surface area contributed by atoms with E-state index in [1.54, 1.807) is 18.2 Å². The first-order chi connectivity index (χ1) is 9.15. The van der Waals surface area contributed by atoms with Gasteiger partial charge in [0.05, 0.1) is 0 Å². The van der Waals surface area contributed by atoms with Gasteiger partial charge >= 0.3 is 0 Å². The number of carbonyl (C=O) groups is 1. The van der Waals surface area contributed by atoms with E-state index in [1.165, 1.54) is 0 Å². The molecule has 0 atom stereocenters. The second-order valence-corrected chi connectivity index (χ2v) is 4.53. The lowest BCUT2D eigenvalue weighted by Gasteiger charge is -2.08. The monoisotopic (exact) mass is 255 g/mol. The van der Waals surface area contributed by atoms with Gasteiger partial charge in [0.1, 0.15) is 5.75 Å². The smallest absolute Gasteiger partial charge is 0.224 e. The summed E-state index contributed by atoms with van der Waals surface area (Å²) in [5.41, 5.74) is 2.86. The van der Waals surface area contributed by atoms with Crippen LogP contribution in [0, 0.1) is 6.92 Å². The van der Waals surface area contributed by atoms with Crippen LogP contribution in [0.15, 0.2) is 48.5 Å². The van der Waals surface area contributed by atoms with E-state index in [1.807, 2.05) is 37.3 Å². The van der Waals surface area contributed by atoms with Gasteiger partial charge in [0.25, 0.3) is 0 Å². The van der Waals surface area contributed by atoms with Gasteiger partial charge in [-0.3, -0.25) is 4.79 Å². The maximum atomic E-state index is 11.8. The summed E-state index contributed by atoms with van der Waals surface area (Å²) in [5.74, 6) is 0.217. The van der Waals surface area contributed by atoms with Crippen LogP contribution >= 0.6 is 0 Å². The van der Waals surface area contributed by atoms with Crippen LogP contribution in [-0.4, -0.2) is 11.0 Å². The zero-order valence-electron chi connectivity index (χ0n) is 10.9. The number of benzene rings is 2. The highest BCUT2D eigenvalue weighted by Crippen LogP contribution is 2.15. The number of hydrogen-bond acceptors (Lipinski definition) is 2. The van der Waals surface area contributed by atoms with E-state index in [9.17, 15) is 9.90 Å². The summed E-state index contributed by atoms with van der Waals surface area (Å²) in [4.78, 5) is 11.8. The molecule has 0 radical (unpaired) electrons. The topological polar surface area (TPSA) is 49.3 Å². The molecule has 0 aliphatic rings. The highest BCUT2D eigenvalue weighted by molar-refractivity contribution is 5.91. The Balaban J connectivity index is 1.90. The molecule has 2 aromatic carbocycles. The molecule has 3 heteroatoms. The Morgan fingerprint density at radius 1 is 1.16 bits per heavy atom. The Labute approximate surface area is 112 Å². The van der Waals surface area contributed by atoms with E-state index < -0.39 is 0 Å². The predicted octanol–water partition coefficient (Wildman–Crippen LogP) is 3.27. The number of aryl methyl sites for hydroxylation is 2. The van der Waals surface area contributed by atoms with Crippen LogP contribution in [0.1, 0.15) is 17.5 Å². The van der Waals surface area contributed by atoms with Gasteiger partial charge in [-0.05, 0) is 42.7 Å². The minimum absolute atomic E-state index is 0.0161. The molecule has 2 aromatic rings. The van der Waals surface area contributed by atoms with Gasteiger partial charge in [-0.1, -0.05) is 30.3 Å². The van der Waals surface area contributed by atoms with Crippen LogP contribution in [0.3, 0.4) is 0 Å². The van der Waals surface area contributed by atoms with E-state index in [0.29, 0.717) is 12.8 Å². The average molecular weight is 255 g/mol. The van der Waals surface area contributed by atoms with E-state index in [0.717, 1.165) is 16.8 Å². The Kier molecular flexibility index (Phi) is 4.18. The number of phenolic OH excluding ortho intramolecular Hbond substituents is 1. The lowest BCUT2D eigenvalue weighted by atomic mass is 10.1. The normalized spacial score (nSPS) is 10.2. The highest BCUT2D eigenvalue weighted by atomic mass is 16.3.